The Balaban J connectivity index is 1.65. The molecule has 0 bridgehead atoms. The Bertz CT molecular complexity index is 411. The van der Waals surface area contributed by atoms with Crippen LogP contribution in [0.3, 0.4) is 0 Å². The van der Waals surface area contributed by atoms with E-state index in [1.165, 1.54) is 12.8 Å². The molecule has 2 saturated heterocycles. The minimum absolute atomic E-state index is 0.0915. The molecule has 138 valence electrons. The number of nitrogens with zero attached hydrogens (tertiary/aromatic N) is 2. The van der Waals surface area contributed by atoms with Crippen LogP contribution in [-0.4, -0.2) is 73.3 Å². The zero-order chi connectivity index (χ0) is 17.4. The van der Waals surface area contributed by atoms with Crippen molar-refractivity contribution < 1.29 is 14.3 Å². The van der Waals surface area contributed by atoms with Crippen molar-refractivity contribution >= 4 is 12.1 Å². The van der Waals surface area contributed by atoms with Crippen molar-refractivity contribution in [2.45, 2.75) is 58.0 Å². The molecule has 0 saturated carbocycles. The van der Waals surface area contributed by atoms with Crippen molar-refractivity contribution in [1.82, 2.24) is 20.4 Å². The highest BCUT2D eigenvalue weighted by molar-refractivity contribution is 5.74. The molecule has 2 aliphatic heterocycles. The fraction of sp³-hybridized carbons (Fsp3) is 0.882. The molecule has 1 atom stereocenters. The molecule has 3 amide bonds. The van der Waals surface area contributed by atoms with E-state index in [1.807, 2.05) is 6.92 Å². The van der Waals surface area contributed by atoms with Gasteiger partial charge in [-0.15, -0.1) is 0 Å². The molecule has 0 radical (unpaired) electrons. The van der Waals surface area contributed by atoms with Gasteiger partial charge in [-0.05, 0) is 45.7 Å². The molecule has 2 rings (SSSR count). The van der Waals surface area contributed by atoms with Crippen molar-refractivity contribution in [1.29, 1.82) is 0 Å². The summed E-state index contributed by atoms with van der Waals surface area (Å²) in [5.41, 5.74) is 0. The molecular weight excluding hydrogens is 308 g/mol. The van der Waals surface area contributed by atoms with Gasteiger partial charge in [-0.2, -0.15) is 0 Å². The van der Waals surface area contributed by atoms with Crippen molar-refractivity contribution in [2.24, 2.45) is 0 Å². The van der Waals surface area contributed by atoms with E-state index in [9.17, 15) is 9.59 Å². The van der Waals surface area contributed by atoms with Crippen LogP contribution in [0.25, 0.3) is 0 Å². The summed E-state index contributed by atoms with van der Waals surface area (Å²) < 4.78 is 5.01. The van der Waals surface area contributed by atoms with Gasteiger partial charge in [-0.3, -0.25) is 4.90 Å². The second-order valence-electron chi connectivity index (χ2n) is 6.59. The van der Waals surface area contributed by atoms with Crippen molar-refractivity contribution in [3.8, 4) is 0 Å². The lowest BCUT2D eigenvalue weighted by Crippen LogP contribution is -2.52. The van der Waals surface area contributed by atoms with E-state index in [1.54, 1.807) is 4.90 Å². The van der Waals surface area contributed by atoms with Gasteiger partial charge in [0.25, 0.3) is 0 Å². The Labute approximate surface area is 145 Å². The minimum atomic E-state index is -0.252. The third kappa shape index (κ3) is 5.54. The van der Waals surface area contributed by atoms with Crippen molar-refractivity contribution in [3.63, 3.8) is 0 Å². The third-order valence-corrected chi connectivity index (χ3v) is 5.01. The molecule has 0 aromatic heterocycles. The van der Waals surface area contributed by atoms with E-state index >= 15 is 0 Å². The highest BCUT2D eigenvalue weighted by atomic mass is 16.6. The first-order valence-corrected chi connectivity index (χ1v) is 9.34. The molecule has 0 spiro atoms. The molecule has 0 aromatic rings. The number of ether oxygens (including phenoxy) is 1. The van der Waals surface area contributed by atoms with Gasteiger partial charge in [0.1, 0.15) is 0 Å². The number of carbonyl (C=O) groups is 2. The lowest BCUT2D eigenvalue weighted by molar-refractivity contribution is 0.0956. The zero-order valence-electron chi connectivity index (χ0n) is 15.1. The molecule has 7 nitrogen and oxygen atoms in total. The van der Waals surface area contributed by atoms with Crippen LogP contribution in [-0.2, 0) is 4.74 Å². The summed E-state index contributed by atoms with van der Waals surface area (Å²) in [6, 6.07) is 0.496. The van der Waals surface area contributed by atoms with Gasteiger partial charge < -0.3 is 20.3 Å². The predicted molar refractivity (Wildman–Crippen MR) is 93.0 cm³/mol. The van der Waals surface area contributed by atoms with E-state index in [2.05, 4.69) is 22.5 Å². The van der Waals surface area contributed by atoms with Crippen LogP contribution in [0.15, 0.2) is 0 Å². The average Bonchev–Trinajstić information content (AvgIpc) is 2.61. The number of nitrogens with one attached hydrogen (secondary N) is 2. The highest BCUT2D eigenvalue weighted by Crippen LogP contribution is 2.16. The standard InChI is InChI=1S/C17H32N4O3/c1-3-20-10-6-5-7-15(20)13-18-16(22)19-14-8-11-21(12-9-14)17(23)24-4-2/h14-15H,3-13H2,1-2H3,(H2,18,19,22)/t15-/m1/s1. The van der Waals surface area contributed by atoms with Crippen LogP contribution in [0.4, 0.5) is 9.59 Å². The smallest absolute Gasteiger partial charge is 0.409 e. The van der Waals surface area contributed by atoms with Crippen molar-refractivity contribution in [3.05, 3.63) is 0 Å². The molecule has 2 aliphatic rings. The van der Waals surface area contributed by atoms with Crippen molar-refractivity contribution in [2.75, 3.05) is 39.3 Å². The fourth-order valence-electron chi connectivity index (χ4n) is 3.58. The lowest BCUT2D eigenvalue weighted by atomic mass is 10.0. The zero-order valence-corrected chi connectivity index (χ0v) is 15.1. The minimum Gasteiger partial charge on any atom is -0.450 e. The summed E-state index contributed by atoms with van der Waals surface area (Å²) >= 11 is 0. The van der Waals surface area contributed by atoms with Crippen LogP contribution in [0.2, 0.25) is 0 Å². The van der Waals surface area contributed by atoms with E-state index in [4.69, 9.17) is 4.74 Å². The summed E-state index contributed by atoms with van der Waals surface area (Å²) in [6.07, 6.45) is 4.96. The molecule has 2 fully saturated rings. The third-order valence-electron chi connectivity index (χ3n) is 5.01. The van der Waals surface area contributed by atoms with Gasteiger partial charge in [0.15, 0.2) is 0 Å². The van der Waals surface area contributed by atoms with Gasteiger partial charge in [-0.25, -0.2) is 9.59 Å². The molecule has 2 N–H and O–H groups in total. The molecule has 7 heteroatoms. The summed E-state index contributed by atoms with van der Waals surface area (Å²) in [7, 11) is 0. The Hall–Kier alpha value is -1.50. The van der Waals surface area contributed by atoms with E-state index in [0.717, 1.165) is 32.4 Å². The number of amides is 3. The van der Waals surface area contributed by atoms with E-state index < -0.39 is 0 Å². The topological polar surface area (TPSA) is 73.9 Å². The molecule has 24 heavy (non-hydrogen) atoms. The number of hydrogen-bond acceptors (Lipinski definition) is 4. The van der Waals surface area contributed by atoms with Crippen LogP contribution in [0.5, 0.6) is 0 Å². The van der Waals surface area contributed by atoms with Gasteiger partial charge in [0.2, 0.25) is 0 Å². The monoisotopic (exact) mass is 340 g/mol. The largest absolute Gasteiger partial charge is 0.450 e. The van der Waals surface area contributed by atoms with Gasteiger partial charge in [-0.1, -0.05) is 13.3 Å². The fourth-order valence-corrected chi connectivity index (χ4v) is 3.58. The Morgan fingerprint density at radius 3 is 2.50 bits per heavy atom. The predicted octanol–water partition coefficient (Wildman–Crippen LogP) is 1.78. The maximum absolute atomic E-state index is 12.1. The summed E-state index contributed by atoms with van der Waals surface area (Å²) in [5.74, 6) is 0. The van der Waals surface area contributed by atoms with Gasteiger partial charge in [0.05, 0.1) is 6.61 Å². The first-order valence-electron chi connectivity index (χ1n) is 9.34. The van der Waals surface area contributed by atoms with Crippen LogP contribution in [0.1, 0.15) is 46.0 Å². The highest BCUT2D eigenvalue weighted by Gasteiger charge is 2.25. The Morgan fingerprint density at radius 1 is 1.08 bits per heavy atom. The number of piperidine rings is 2. The first kappa shape index (κ1) is 18.8. The maximum Gasteiger partial charge on any atom is 0.409 e. The Kier molecular flexibility index (Phi) is 7.62. The van der Waals surface area contributed by atoms with E-state index in [-0.39, 0.29) is 18.2 Å². The number of urea groups is 1. The molecular formula is C17H32N4O3. The molecule has 0 aliphatic carbocycles. The summed E-state index contributed by atoms with van der Waals surface area (Å²) in [4.78, 5) is 27.9. The Morgan fingerprint density at radius 2 is 1.83 bits per heavy atom. The number of carbonyl (C=O) groups excluding carboxylic acids is 2. The van der Waals surface area contributed by atoms with Gasteiger partial charge >= 0.3 is 12.1 Å². The quantitative estimate of drug-likeness (QED) is 0.800. The molecule has 0 unspecified atom stereocenters. The number of hydrogen-bond donors (Lipinski definition) is 2. The van der Waals surface area contributed by atoms with E-state index in [0.29, 0.717) is 32.3 Å². The second kappa shape index (κ2) is 9.71. The maximum atomic E-state index is 12.1. The summed E-state index contributed by atoms with van der Waals surface area (Å²) in [6.45, 7) is 8.54. The van der Waals surface area contributed by atoms with Gasteiger partial charge in [0, 0.05) is 31.7 Å². The lowest BCUT2D eigenvalue weighted by Gasteiger charge is -2.35. The first-order chi connectivity index (χ1) is 11.6. The number of likely N-dealkylation sites (N-methyl/N-ethyl adjacent to an activating group) is 1. The average molecular weight is 340 g/mol. The number of rotatable bonds is 5. The molecule has 2 heterocycles. The van der Waals surface area contributed by atoms with Crippen LogP contribution in [0, 0.1) is 0 Å². The summed E-state index contributed by atoms with van der Waals surface area (Å²) in [5, 5.41) is 6.06. The number of likely N-dealkylation sites (tertiary alicyclic amines) is 2. The molecule has 0 aromatic carbocycles. The SMILES string of the molecule is CCOC(=O)N1CCC(NC(=O)NC[C@H]2CCCCN2CC)CC1. The van der Waals surface area contributed by atoms with Crippen LogP contribution < -0.4 is 10.6 Å². The normalized spacial score (nSPS) is 22.9. The second-order valence-corrected chi connectivity index (χ2v) is 6.59. The van der Waals surface area contributed by atoms with Crippen LogP contribution >= 0.6 is 0 Å².